The Morgan fingerprint density at radius 2 is 1.68 bits per heavy atom. The molecule has 0 spiro atoms. The highest BCUT2D eigenvalue weighted by atomic mass is 35.5. The lowest BCUT2D eigenvalue weighted by molar-refractivity contribution is -0.131. The lowest BCUT2D eigenvalue weighted by Gasteiger charge is -2.19. The Kier molecular flexibility index (Phi) is 6.37. The Labute approximate surface area is 170 Å². The summed E-state index contributed by atoms with van der Waals surface area (Å²) in [6.45, 7) is 5.54. The van der Waals surface area contributed by atoms with Gasteiger partial charge in [-0.05, 0) is 59.9 Å². The number of halogens is 1. The van der Waals surface area contributed by atoms with Crippen molar-refractivity contribution >= 4 is 17.6 Å². The van der Waals surface area contributed by atoms with E-state index in [2.05, 4.69) is 13.8 Å². The highest BCUT2D eigenvalue weighted by Gasteiger charge is 2.18. The molecule has 0 aliphatic rings. The van der Waals surface area contributed by atoms with Crippen molar-refractivity contribution in [2.45, 2.75) is 33.1 Å². The van der Waals surface area contributed by atoms with Gasteiger partial charge >= 0.3 is 5.97 Å². The van der Waals surface area contributed by atoms with E-state index in [1.165, 1.54) is 6.92 Å². The van der Waals surface area contributed by atoms with Crippen LogP contribution in [0.1, 0.15) is 43.4 Å². The number of ether oxygens (including phenoxy) is 2. The molecule has 0 atom stereocenters. The van der Waals surface area contributed by atoms with E-state index in [0.29, 0.717) is 17.2 Å². The van der Waals surface area contributed by atoms with Gasteiger partial charge in [0.15, 0.2) is 0 Å². The van der Waals surface area contributed by atoms with Crippen LogP contribution in [0, 0.1) is 0 Å². The monoisotopic (exact) mass is 394 g/mol. The van der Waals surface area contributed by atoms with Gasteiger partial charge in [0.05, 0.1) is 0 Å². The maximum Gasteiger partial charge on any atom is 0.308 e. The normalized spacial score (nSPS) is 10.8. The van der Waals surface area contributed by atoms with Gasteiger partial charge in [-0.25, -0.2) is 0 Å². The molecule has 0 unspecified atom stereocenters. The minimum atomic E-state index is -0.339. The summed E-state index contributed by atoms with van der Waals surface area (Å²) in [7, 11) is 0. The first kappa shape index (κ1) is 20.0. The molecule has 0 amide bonds. The van der Waals surface area contributed by atoms with Crippen molar-refractivity contribution in [3.8, 4) is 17.2 Å². The van der Waals surface area contributed by atoms with E-state index in [1.54, 1.807) is 12.1 Å². The van der Waals surface area contributed by atoms with E-state index in [0.717, 1.165) is 28.2 Å². The summed E-state index contributed by atoms with van der Waals surface area (Å²) in [6.07, 6.45) is 0.618. The molecule has 0 bridgehead atoms. The number of rotatable bonds is 6. The molecule has 4 heteroatoms. The van der Waals surface area contributed by atoms with Gasteiger partial charge in [-0.1, -0.05) is 55.8 Å². The first-order valence-electron chi connectivity index (χ1n) is 9.25. The van der Waals surface area contributed by atoms with Gasteiger partial charge in [-0.3, -0.25) is 4.79 Å². The fraction of sp³-hybridized carbons (Fsp3) is 0.208. The van der Waals surface area contributed by atoms with Crippen molar-refractivity contribution in [1.29, 1.82) is 0 Å². The second-order valence-electron chi connectivity index (χ2n) is 6.93. The third-order valence-electron chi connectivity index (χ3n) is 4.35. The summed E-state index contributed by atoms with van der Waals surface area (Å²) in [5.41, 5.74) is 2.99. The fourth-order valence-electron chi connectivity index (χ4n) is 3.22. The molecule has 0 heterocycles. The van der Waals surface area contributed by atoms with Crippen LogP contribution in [0.5, 0.6) is 17.2 Å². The van der Waals surface area contributed by atoms with Crippen LogP contribution in [-0.4, -0.2) is 5.97 Å². The number of hydrogen-bond acceptors (Lipinski definition) is 3. The summed E-state index contributed by atoms with van der Waals surface area (Å²) in [5.74, 6) is 1.94. The third-order valence-corrected chi connectivity index (χ3v) is 4.70. The van der Waals surface area contributed by atoms with Crippen LogP contribution < -0.4 is 9.47 Å². The highest BCUT2D eigenvalue weighted by molar-refractivity contribution is 6.31. The number of carbonyl (C=O) groups excluding carboxylic acids is 1. The van der Waals surface area contributed by atoms with Crippen molar-refractivity contribution in [3.63, 3.8) is 0 Å². The van der Waals surface area contributed by atoms with Crippen LogP contribution in [0.15, 0.2) is 66.7 Å². The Morgan fingerprint density at radius 3 is 2.36 bits per heavy atom. The molecule has 0 fully saturated rings. The SMILES string of the molecule is CC(=O)Oc1ccc(Cl)c(Cc2cccc(Oc3ccccc3)c2)c1C(C)C. The van der Waals surface area contributed by atoms with Crippen LogP contribution in [0.3, 0.4) is 0 Å². The van der Waals surface area contributed by atoms with E-state index < -0.39 is 0 Å². The van der Waals surface area contributed by atoms with Crippen LogP contribution in [0.25, 0.3) is 0 Å². The molecule has 3 aromatic carbocycles. The molecule has 28 heavy (non-hydrogen) atoms. The Morgan fingerprint density at radius 1 is 0.964 bits per heavy atom. The van der Waals surface area contributed by atoms with Gasteiger partial charge in [-0.2, -0.15) is 0 Å². The van der Waals surface area contributed by atoms with E-state index >= 15 is 0 Å². The molecule has 0 N–H and O–H groups in total. The molecule has 0 aromatic heterocycles. The fourth-order valence-corrected chi connectivity index (χ4v) is 3.45. The zero-order valence-corrected chi connectivity index (χ0v) is 17.0. The van der Waals surface area contributed by atoms with Gasteiger partial charge in [0.25, 0.3) is 0 Å². The van der Waals surface area contributed by atoms with Crippen LogP contribution in [0.2, 0.25) is 5.02 Å². The minimum absolute atomic E-state index is 0.159. The topological polar surface area (TPSA) is 35.5 Å². The number of benzene rings is 3. The van der Waals surface area contributed by atoms with E-state index in [9.17, 15) is 4.79 Å². The maximum absolute atomic E-state index is 11.5. The van der Waals surface area contributed by atoms with Crippen molar-refractivity contribution < 1.29 is 14.3 Å². The zero-order valence-electron chi connectivity index (χ0n) is 16.2. The molecule has 0 aliphatic carbocycles. The Hall–Kier alpha value is -2.78. The molecular formula is C24H23ClO3. The molecule has 3 rings (SSSR count). The predicted octanol–water partition coefficient (Wildman–Crippen LogP) is 6.77. The minimum Gasteiger partial charge on any atom is -0.457 e. The van der Waals surface area contributed by atoms with E-state index in [-0.39, 0.29) is 11.9 Å². The Balaban J connectivity index is 1.93. The molecule has 0 saturated heterocycles. The highest BCUT2D eigenvalue weighted by Crippen LogP contribution is 2.36. The predicted molar refractivity (Wildman–Crippen MR) is 113 cm³/mol. The molecular weight excluding hydrogens is 372 g/mol. The van der Waals surface area contributed by atoms with Crippen LogP contribution >= 0.6 is 11.6 Å². The third kappa shape index (κ3) is 4.93. The lowest BCUT2D eigenvalue weighted by Crippen LogP contribution is -2.08. The molecule has 0 aliphatic heterocycles. The summed E-state index contributed by atoms with van der Waals surface area (Å²) < 4.78 is 11.4. The average Bonchev–Trinajstić information content (AvgIpc) is 2.65. The first-order valence-corrected chi connectivity index (χ1v) is 9.63. The summed E-state index contributed by atoms with van der Waals surface area (Å²) >= 11 is 6.53. The smallest absolute Gasteiger partial charge is 0.308 e. The lowest BCUT2D eigenvalue weighted by atomic mass is 9.92. The van der Waals surface area contributed by atoms with Crippen molar-refractivity contribution in [3.05, 3.63) is 88.4 Å². The van der Waals surface area contributed by atoms with E-state index in [1.807, 2.05) is 54.6 Å². The van der Waals surface area contributed by atoms with Gasteiger partial charge in [0.2, 0.25) is 0 Å². The molecule has 0 saturated carbocycles. The number of carbonyl (C=O) groups is 1. The summed E-state index contributed by atoms with van der Waals surface area (Å²) in [6, 6.07) is 21.2. The zero-order chi connectivity index (χ0) is 20.1. The van der Waals surface area contributed by atoms with Crippen molar-refractivity contribution in [2.24, 2.45) is 0 Å². The average molecular weight is 395 g/mol. The van der Waals surface area contributed by atoms with E-state index in [4.69, 9.17) is 21.1 Å². The maximum atomic E-state index is 11.5. The second-order valence-corrected chi connectivity index (χ2v) is 7.33. The molecule has 3 aromatic rings. The molecule has 144 valence electrons. The number of para-hydroxylation sites is 1. The summed E-state index contributed by atoms with van der Waals surface area (Å²) in [5, 5.41) is 0.661. The Bertz CT molecular complexity index is 965. The van der Waals surface area contributed by atoms with Crippen LogP contribution in [-0.2, 0) is 11.2 Å². The van der Waals surface area contributed by atoms with Gasteiger partial charge in [-0.15, -0.1) is 0 Å². The molecule has 0 radical (unpaired) electrons. The van der Waals surface area contributed by atoms with Gasteiger partial charge in [0, 0.05) is 17.5 Å². The molecule has 3 nitrogen and oxygen atoms in total. The van der Waals surface area contributed by atoms with Gasteiger partial charge in [0.1, 0.15) is 17.2 Å². The van der Waals surface area contributed by atoms with Crippen molar-refractivity contribution in [1.82, 2.24) is 0 Å². The second kappa shape index (κ2) is 8.94. The number of hydrogen-bond donors (Lipinski definition) is 0. The number of esters is 1. The largest absolute Gasteiger partial charge is 0.457 e. The first-order chi connectivity index (χ1) is 13.4. The van der Waals surface area contributed by atoms with Crippen molar-refractivity contribution in [2.75, 3.05) is 0 Å². The standard InChI is InChI=1S/C24H23ClO3/c1-16(2)24-21(22(25)12-13-23(24)27-17(3)26)15-18-8-7-11-20(14-18)28-19-9-5-4-6-10-19/h4-14,16H,15H2,1-3H3. The van der Waals surface area contributed by atoms with Gasteiger partial charge < -0.3 is 9.47 Å². The van der Waals surface area contributed by atoms with Crippen LogP contribution in [0.4, 0.5) is 0 Å². The summed E-state index contributed by atoms with van der Waals surface area (Å²) in [4.78, 5) is 11.5. The quantitative estimate of drug-likeness (QED) is 0.341.